The average Bonchev–Trinajstić information content (AvgIpc) is 2.82. The highest BCUT2D eigenvalue weighted by molar-refractivity contribution is 6.32. The molecular weight excluding hydrogens is 463 g/mol. The molecule has 0 aliphatic rings. The molecule has 3 nitrogen and oxygen atoms in total. The zero-order chi connectivity index (χ0) is 23.8. The third-order valence-electron chi connectivity index (χ3n) is 5.80. The first-order chi connectivity index (χ1) is 16.4. The highest BCUT2D eigenvalue weighted by atomic mass is 35.5. The standard InChI is InChI=1S/C29H20Cl2N2O/c1-17-8-9-20-15-21(29(31)33-25(20)14-17)10-13-26(34)27-18(2)32-24-12-11-22(30)16-23(24)28(27)19-6-4-3-5-7-19/h3-16H,1-2H3. The van der Waals surface area contributed by atoms with E-state index in [1.165, 1.54) is 6.08 Å². The third-order valence-corrected chi connectivity index (χ3v) is 6.34. The number of hydrogen-bond donors (Lipinski definition) is 0. The maximum Gasteiger partial charge on any atom is 0.188 e. The highest BCUT2D eigenvalue weighted by Gasteiger charge is 2.19. The molecule has 0 aliphatic heterocycles. The van der Waals surface area contributed by atoms with Crippen molar-refractivity contribution < 1.29 is 4.79 Å². The largest absolute Gasteiger partial charge is 0.289 e. The molecule has 0 radical (unpaired) electrons. The second-order valence-electron chi connectivity index (χ2n) is 8.24. The number of carbonyl (C=O) groups is 1. The normalized spacial score (nSPS) is 11.5. The minimum absolute atomic E-state index is 0.161. The molecule has 0 spiro atoms. The van der Waals surface area contributed by atoms with Crippen molar-refractivity contribution in [2.24, 2.45) is 0 Å². The van der Waals surface area contributed by atoms with Crippen LogP contribution in [0, 0.1) is 13.8 Å². The van der Waals surface area contributed by atoms with E-state index in [0.717, 1.165) is 38.5 Å². The van der Waals surface area contributed by atoms with Crippen LogP contribution in [0.15, 0.2) is 78.9 Å². The van der Waals surface area contributed by atoms with Gasteiger partial charge in [-0.25, -0.2) is 4.98 Å². The van der Waals surface area contributed by atoms with E-state index >= 15 is 0 Å². The van der Waals surface area contributed by atoms with E-state index in [-0.39, 0.29) is 5.78 Å². The van der Waals surface area contributed by atoms with Crippen molar-refractivity contribution in [3.8, 4) is 11.1 Å². The van der Waals surface area contributed by atoms with Crippen molar-refractivity contribution in [3.63, 3.8) is 0 Å². The van der Waals surface area contributed by atoms with Crippen molar-refractivity contribution >= 4 is 56.9 Å². The van der Waals surface area contributed by atoms with Crippen LogP contribution in [-0.2, 0) is 0 Å². The monoisotopic (exact) mass is 482 g/mol. The van der Waals surface area contributed by atoms with Crippen molar-refractivity contribution in [1.82, 2.24) is 9.97 Å². The maximum absolute atomic E-state index is 13.6. The predicted molar refractivity (Wildman–Crippen MR) is 142 cm³/mol. The van der Waals surface area contributed by atoms with Crippen LogP contribution in [0.3, 0.4) is 0 Å². The number of hydrogen-bond acceptors (Lipinski definition) is 3. The van der Waals surface area contributed by atoms with Gasteiger partial charge in [0.25, 0.3) is 0 Å². The van der Waals surface area contributed by atoms with Gasteiger partial charge in [0.2, 0.25) is 0 Å². The third kappa shape index (κ3) is 4.21. The van der Waals surface area contributed by atoms with Gasteiger partial charge in [-0.1, -0.05) is 65.7 Å². The lowest BCUT2D eigenvalue weighted by atomic mass is 9.92. The number of fused-ring (bicyclic) bond motifs is 2. The molecule has 0 saturated heterocycles. The summed E-state index contributed by atoms with van der Waals surface area (Å²) in [7, 11) is 0. The lowest BCUT2D eigenvalue weighted by molar-refractivity contribution is 0.104. The van der Waals surface area contributed by atoms with Crippen LogP contribution >= 0.6 is 23.2 Å². The van der Waals surface area contributed by atoms with Crippen LogP contribution in [0.2, 0.25) is 10.2 Å². The molecule has 0 unspecified atom stereocenters. The molecule has 0 N–H and O–H groups in total. The Hall–Kier alpha value is -3.53. The van der Waals surface area contributed by atoms with E-state index < -0.39 is 0 Å². The number of aryl methyl sites for hydroxylation is 2. The molecule has 3 aromatic carbocycles. The van der Waals surface area contributed by atoms with Gasteiger partial charge in [0.05, 0.1) is 16.6 Å². The number of benzene rings is 3. The van der Waals surface area contributed by atoms with Gasteiger partial charge >= 0.3 is 0 Å². The molecule has 0 bridgehead atoms. The van der Waals surface area contributed by atoms with Crippen LogP contribution in [0.25, 0.3) is 39.0 Å². The Balaban J connectivity index is 1.65. The van der Waals surface area contributed by atoms with Crippen molar-refractivity contribution in [2.45, 2.75) is 13.8 Å². The molecule has 5 rings (SSSR count). The summed E-state index contributed by atoms with van der Waals surface area (Å²) in [5.74, 6) is -0.161. The summed E-state index contributed by atoms with van der Waals surface area (Å²) in [6.07, 6.45) is 3.25. The fraction of sp³-hybridized carbons (Fsp3) is 0.0690. The van der Waals surface area contributed by atoms with Crippen LogP contribution in [0.1, 0.15) is 27.2 Å². The fourth-order valence-corrected chi connectivity index (χ4v) is 4.58. The Morgan fingerprint density at radius 3 is 2.44 bits per heavy atom. The van der Waals surface area contributed by atoms with Crippen molar-refractivity contribution in [2.75, 3.05) is 0 Å². The Morgan fingerprint density at radius 2 is 1.65 bits per heavy atom. The zero-order valence-electron chi connectivity index (χ0n) is 18.6. The minimum Gasteiger partial charge on any atom is -0.289 e. The first-order valence-corrected chi connectivity index (χ1v) is 11.6. The first kappa shape index (κ1) is 22.3. The quantitative estimate of drug-likeness (QED) is 0.147. The van der Waals surface area contributed by atoms with E-state index in [1.807, 2.05) is 86.6 Å². The van der Waals surface area contributed by atoms with Gasteiger partial charge in [0.1, 0.15) is 5.15 Å². The van der Waals surface area contributed by atoms with E-state index in [2.05, 4.69) is 4.98 Å². The van der Waals surface area contributed by atoms with Crippen molar-refractivity contribution in [3.05, 3.63) is 111 Å². The number of nitrogens with zero attached hydrogens (tertiary/aromatic N) is 2. The summed E-state index contributed by atoms with van der Waals surface area (Å²) >= 11 is 12.8. The highest BCUT2D eigenvalue weighted by Crippen LogP contribution is 2.35. The Morgan fingerprint density at radius 1 is 0.853 bits per heavy atom. The second-order valence-corrected chi connectivity index (χ2v) is 9.03. The van der Waals surface area contributed by atoms with Crippen LogP contribution in [0.5, 0.6) is 0 Å². The molecule has 0 atom stereocenters. The molecular formula is C29H20Cl2N2O. The number of ketones is 1. The van der Waals surface area contributed by atoms with Crippen molar-refractivity contribution in [1.29, 1.82) is 0 Å². The number of rotatable bonds is 4. The fourth-order valence-electron chi connectivity index (χ4n) is 4.20. The number of halogens is 2. The predicted octanol–water partition coefficient (Wildman–Crippen LogP) is 8.27. The smallest absolute Gasteiger partial charge is 0.188 e. The molecule has 5 aromatic rings. The van der Waals surface area contributed by atoms with E-state index in [4.69, 9.17) is 28.2 Å². The minimum atomic E-state index is -0.161. The van der Waals surface area contributed by atoms with Crippen LogP contribution in [-0.4, -0.2) is 15.8 Å². The first-order valence-electron chi connectivity index (χ1n) is 10.9. The number of carbonyl (C=O) groups excluding carboxylic acids is 1. The van der Waals surface area contributed by atoms with Gasteiger partial charge in [-0.2, -0.15) is 0 Å². The molecule has 34 heavy (non-hydrogen) atoms. The maximum atomic E-state index is 13.6. The average molecular weight is 483 g/mol. The Kier molecular flexibility index (Phi) is 5.91. The summed E-state index contributed by atoms with van der Waals surface area (Å²) < 4.78 is 0. The van der Waals surface area contributed by atoms with E-state index in [0.29, 0.717) is 27.0 Å². The molecule has 0 aliphatic carbocycles. The molecule has 2 heterocycles. The molecule has 0 saturated carbocycles. The van der Waals surface area contributed by atoms with E-state index in [9.17, 15) is 4.79 Å². The van der Waals surface area contributed by atoms with Gasteiger partial charge in [-0.3, -0.25) is 9.78 Å². The van der Waals surface area contributed by atoms with Gasteiger partial charge < -0.3 is 0 Å². The summed E-state index contributed by atoms with van der Waals surface area (Å²) in [5.41, 5.74) is 6.35. The number of allylic oxidation sites excluding steroid dienone is 1. The zero-order valence-corrected chi connectivity index (χ0v) is 20.2. The molecule has 2 aromatic heterocycles. The summed E-state index contributed by atoms with van der Waals surface area (Å²) in [5, 5.41) is 2.74. The SMILES string of the molecule is Cc1ccc2cc(C=CC(=O)c3c(C)nc4ccc(Cl)cc4c3-c3ccccc3)c(Cl)nc2c1. The van der Waals surface area contributed by atoms with E-state index in [1.54, 1.807) is 6.08 Å². The van der Waals surface area contributed by atoms with Gasteiger partial charge in [-0.15, -0.1) is 0 Å². The van der Waals surface area contributed by atoms with Crippen LogP contribution < -0.4 is 0 Å². The number of pyridine rings is 2. The molecule has 166 valence electrons. The van der Waals surface area contributed by atoms with Crippen LogP contribution in [0.4, 0.5) is 0 Å². The lowest BCUT2D eigenvalue weighted by Crippen LogP contribution is -2.05. The number of aromatic nitrogens is 2. The summed E-state index contributed by atoms with van der Waals surface area (Å²) in [4.78, 5) is 22.7. The Labute approximate surface area is 207 Å². The second kappa shape index (κ2) is 9.02. The van der Waals surface area contributed by atoms with Gasteiger partial charge in [-0.05, 0) is 67.5 Å². The van der Waals surface area contributed by atoms with Gasteiger partial charge in [0.15, 0.2) is 5.78 Å². The topological polar surface area (TPSA) is 42.9 Å². The summed E-state index contributed by atoms with van der Waals surface area (Å²) in [6.45, 7) is 3.87. The van der Waals surface area contributed by atoms with Gasteiger partial charge in [0, 0.05) is 32.6 Å². The molecule has 5 heteroatoms. The molecule has 0 amide bonds. The lowest BCUT2D eigenvalue weighted by Gasteiger charge is -2.14. The Bertz CT molecular complexity index is 1610. The molecule has 0 fully saturated rings. The summed E-state index contributed by atoms with van der Waals surface area (Å²) in [6, 6.07) is 23.3.